The summed E-state index contributed by atoms with van der Waals surface area (Å²) in [4.78, 5) is 39.0. The summed E-state index contributed by atoms with van der Waals surface area (Å²) < 4.78 is 3.78. The topological polar surface area (TPSA) is 166 Å². The highest BCUT2D eigenvalue weighted by Gasteiger charge is 2.29. The maximum Gasteiger partial charge on any atom is 0.251 e. The van der Waals surface area contributed by atoms with Crippen LogP contribution in [0.5, 0.6) is 5.75 Å². The van der Waals surface area contributed by atoms with Crippen molar-refractivity contribution in [3.8, 4) is 28.6 Å². The van der Waals surface area contributed by atoms with Crippen molar-refractivity contribution in [1.29, 1.82) is 0 Å². The highest BCUT2D eigenvalue weighted by Crippen LogP contribution is 2.38. The molecule has 6 aromatic rings. The number of hydrogen-bond donors (Lipinski definition) is 4. The van der Waals surface area contributed by atoms with Gasteiger partial charge in [0.1, 0.15) is 17.1 Å². The van der Waals surface area contributed by atoms with Crippen molar-refractivity contribution < 1.29 is 14.7 Å². The molecule has 5 heterocycles. The first kappa shape index (κ1) is 27.7. The minimum absolute atomic E-state index is 0.0716. The average Bonchev–Trinajstić information content (AvgIpc) is 3.80. The number of hydrogen-bond acceptors (Lipinski definition) is 9. The summed E-state index contributed by atoms with van der Waals surface area (Å²) in [6, 6.07) is 18.0. The van der Waals surface area contributed by atoms with Crippen LogP contribution < -0.4 is 16.4 Å². The summed E-state index contributed by atoms with van der Waals surface area (Å²) >= 11 is 0. The number of phenols is 1. The number of carbonyl (C=O) groups is 2. The lowest BCUT2D eigenvalue weighted by Gasteiger charge is -2.28. The van der Waals surface area contributed by atoms with Gasteiger partial charge in [0.25, 0.3) is 5.91 Å². The van der Waals surface area contributed by atoms with Crippen LogP contribution in [0.15, 0.2) is 79.3 Å². The van der Waals surface area contributed by atoms with Gasteiger partial charge in [-0.1, -0.05) is 6.07 Å². The Bertz CT molecular complexity index is 2150. The van der Waals surface area contributed by atoms with Crippen LogP contribution >= 0.6 is 0 Å². The maximum atomic E-state index is 13.1. The van der Waals surface area contributed by atoms with Crippen LogP contribution in [-0.2, 0) is 6.42 Å². The molecule has 1 fully saturated rings. The van der Waals surface area contributed by atoms with Gasteiger partial charge in [-0.3, -0.25) is 14.2 Å². The molecule has 46 heavy (non-hydrogen) atoms. The number of rotatable bonds is 7. The third-order valence-corrected chi connectivity index (χ3v) is 8.83. The van der Waals surface area contributed by atoms with Crippen molar-refractivity contribution in [3.05, 3.63) is 107 Å². The van der Waals surface area contributed by atoms with E-state index in [9.17, 15) is 14.7 Å². The van der Waals surface area contributed by atoms with Crippen molar-refractivity contribution in [2.75, 3.05) is 12.3 Å². The van der Waals surface area contributed by atoms with Crippen LogP contribution in [0.4, 0.5) is 5.82 Å². The van der Waals surface area contributed by atoms with Gasteiger partial charge in [-0.25, -0.2) is 19.6 Å². The van der Waals surface area contributed by atoms with Crippen molar-refractivity contribution in [1.82, 2.24) is 39.9 Å². The van der Waals surface area contributed by atoms with Gasteiger partial charge in [-0.05, 0) is 91.5 Å². The van der Waals surface area contributed by atoms with E-state index in [0.29, 0.717) is 40.5 Å². The van der Waals surface area contributed by atoms with Crippen LogP contribution in [0.2, 0.25) is 0 Å². The molecule has 1 aliphatic carbocycles. The lowest BCUT2D eigenvalue weighted by molar-refractivity contribution is 0.0936. The van der Waals surface area contributed by atoms with Crippen LogP contribution in [0.1, 0.15) is 62.3 Å². The van der Waals surface area contributed by atoms with Crippen molar-refractivity contribution in [3.63, 3.8) is 0 Å². The number of aromatic nitrogens is 6. The van der Waals surface area contributed by atoms with E-state index in [1.165, 1.54) is 18.2 Å². The molecular weight excluding hydrogens is 582 g/mol. The second-order valence-electron chi connectivity index (χ2n) is 11.5. The molecule has 0 radical (unpaired) electrons. The summed E-state index contributed by atoms with van der Waals surface area (Å²) in [6.07, 6.45) is 8.25. The molecule has 1 unspecified atom stereocenters. The quantitative estimate of drug-likeness (QED) is 0.193. The lowest BCUT2D eigenvalue weighted by atomic mass is 9.98. The Hall–Kier alpha value is -5.88. The zero-order valence-corrected chi connectivity index (χ0v) is 24.6. The Morgan fingerprint density at radius 3 is 2.70 bits per heavy atom. The van der Waals surface area contributed by atoms with Gasteiger partial charge in [0.05, 0.1) is 17.2 Å². The molecule has 4 aromatic heterocycles. The molecule has 12 heteroatoms. The fourth-order valence-corrected chi connectivity index (χ4v) is 6.35. The second kappa shape index (κ2) is 10.9. The average molecular weight is 612 g/mol. The van der Waals surface area contributed by atoms with E-state index < -0.39 is 0 Å². The van der Waals surface area contributed by atoms with Crippen LogP contribution in [-0.4, -0.2) is 53.1 Å². The number of nitrogens with two attached hydrogens (primary N) is 1. The Balaban J connectivity index is 1.24. The first-order chi connectivity index (χ1) is 22.5. The fraction of sp³-hybridized carbons (Fsp3) is 0.176. The predicted molar refractivity (Wildman–Crippen MR) is 171 cm³/mol. The number of aromatic hydroxyl groups is 1. The van der Waals surface area contributed by atoms with E-state index in [4.69, 9.17) is 15.7 Å². The number of fused-ring (bicyclic) bond motifs is 2. The molecule has 2 aromatic carbocycles. The summed E-state index contributed by atoms with van der Waals surface area (Å²) in [7, 11) is 0. The molecule has 1 aliphatic heterocycles. The zero-order valence-electron chi connectivity index (χ0n) is 24.6. The molecule has 0 saturated carbocycles. The van der Waals surface area contributed by atoms with E-state index in [-0.39, 0.29) is 29.3 Å². The second-order valence-corrected chi connectivity index (χ2v) is 11.5. The smallest absolute Gasteiger partial charge is 0.251 e. The van der Waals surface area contributed by atoms with Crippen LogP contribution in [0, 0.1) is 0 Å². The van der Waals surface area contributed by atoms with Crippen molar-refractivity contribution in [2.45, 2.75) is 31.3 Å². The molecule has 12 nitrogen and oxygen atoms in total. The zero-order chi connectivity index (χ0) is 31.4. The van der Waals surface area contributed by atoms with Crippen molar-refractivity contribution in [2.24, 2.45) is 0 Å². The van der Waals surface area contributed by atoms with Gasteiger partial charge < -0.3 is 21.5 Å². The van der Waals surface area contributed by atoms with Gasteiger partial charge in [0.2, 0.25) is 0 Å². The molecular formula is C34H29N9O3. The Morgan fingerprint density at radius 1 is 1.04 bits per heavy atom. The largest absolute Gasteiger partial charge is 0.507 e. The van der Waals surface area contributed by atoms with Gasteiger partial charge in [0, 0.05) is 41.4 Å². The molecule has 5 N–H and O–H groups in total. The maximum absolute atomic E-state index is 13.1. The van der Waals surface area contributed by atoms with Gasteiger partial charge in [-0.15, -0.1) is 0 Å². The molecule has 2 atom stereocenters. The summed E-state index contributed by atoms with van der Waals surface area (Å²) in [6.45, 7) is 0.933. The molecule has 228 valence electrons. The van der Waals surface area contributed by atoms with Crippen LogP contribution in [0.25, 0.3) is 34.1 Å². The number of imidazole rings is 1. The number of nitrogens with zero attached hydrogens (tertiary/aromatic N) is 6. The Labute approximate surface area is 262 Å². The van der Waals surface area contributed by atoms with E-state index >= 15 is 0 Å². The predicted octanol–water partition coefficient (Wildman–Crippen LogP) is 4.22. The number of nitrogens with one attached hydrogen (secondary N) is 2. The summed E-state index contributed by atoms with van der Waals surface area (Å²) in [5.74, 6) is 1.21. The van der Waals surface area contributed by atoms with E-state index in [1.807, 2.05) is 47.2 Å². The number of amides is 1. The first-order valence-corrected chi connectivity index (χ1v) is 15.1. The monoisotopic (exact) mass is 611 g/mol. The minimum Gasteiger partial charge on any atom is -0.507 e. The summed E-state index contributed by atoms with van der Waals surface area (Å²) in [5, 5.41) is 20.9. The van der Waals surface area contributed by atoms with E-state index in [0.717, 1.165) is 53.7 Å². The van der Waals surface area contributed by atoms with Gasteiger partial charge >= 0.3 is 0 Å². The number of aldehydes is 1. The molecule has 1 saturated heterocycles. The normalized spacial score (nSPS) is 17.0. The standard InChI is InChI=1S/C34H29N9O3/c35-31-24(3-1-11-37-31)32-41-30-25(26-10-13-36-26)17-29(42-14-2-12-38-42)40-33(30)43(32)22-6-7-23-19(16-22)4-8-27(23)39-34(46)20-5-9-28(45)21(15-20)18-44/h1-3,5-7,9,11-12,14-18,26-27,36,45H,4,8,10,13H2,(H2,35,37)(H,39,46)/t26?,27-/m0/s1. The molecule has 2 aliphatic rings. The molecule has 0 bridgehead atoms. The highest BCUT2D eigenvalue weighted by atomic mass is 16.3. The number of phenolic OH excluding ortho intramolecular Hbond substituents is 1. The number of anilines is 1. The summed E-state index contributed by atoms with van der Waals surface area (Å²) in [5.41, 5.74) is 13.0. The number of benzene rings is 2. The van der Waals surface area contributed by atoms with Gasteiger partial charge in [0.15, 0.2) is 23.6 Å². The number of aryl methyl sites for hydroxylation is 1. The van der Waals surface area contributed by atoms with Gasteiger partial charge in [-0.2, -0.15) is 5.10 Å². The molecule has 0 spiro atoms. The number of pyridine rings is 2. The fourth-order valence-electron chi connectivity index (χ4n) is 6.35. The third kappa shape index (κ3) is 4.58. The van der Waals surface area contributed by atoms with Crippen LogP contribution in [0.3, 0.4) is 0 Å². The van der Waals surface area contributed by atoms with E-state index in [2.05, 4.69) is 26.8 Å². The van der Waals surface area contributed by atoms with E-state index in [1.54, 1.807) is 17.1 Å². The molecule has 8 rings (SSSR count). The number of nitrogen functional groups attached to an aromatic ring is 1. The minimum atomic E-state index is -0.313. The molecule has 1 amide bonds. The SMILES string of the molecule is Nc1ncccc1-c1nc2c(C3CCN3)cc(-n3cccn3)nc2n1-c1ccc2c(c1)CC[C@@H]2NC(=O)c1ccc(O)c(C=O)c1. The first-order valence-electron chi connectivity index (χ1n) is 15.1. The Morgan fingerprint density at radius 2 is 1.93 bits per heavy atom. The Kier molecular flexibility index (Phi) is 6.57. The third-order valence-electron chi connectivity index (χ3n) is 8.83. The van der Waals surface area contributed by atoms with Crippen molar-refractivity contribution >= 4 is 29.2 Å². The highest BCUT2D eigenvalue weighted by molar-refractivity contribution is 5.97. The number of carbonyl (C=O) groups excluding carboxylic acids is 2. The lowest BCUT2D eigenvalue weighted by Crippen LogP contribution is -2.35.